The van der Waals surface area contributed by atoms with Crippen LogP contribution >= 0.6 is 0 Å². The molecule has 15 heavy (non-hydrogen) atoms. The first kappa shape index (κ1) is 14.1. The monoisotopic (exact) mass is 214 g/mol. The predicted molar refractivity (Wildman–Crippen MR) is 60.6 cm³/mol. The van der Waals surface area contributed by atoms with Crippen molar-refractivity contribution in [3.05, 3.63) is 0 Å². The van der Waals surface area contributed by atoms with E-state index in [1.165, 1.54) is 4.90 Å². The van der Waals surface area contributed by atoms with E-state index in [-0.39, 0.29) is 17.2 Å². The van der Waals surface area contributed by atoms with Crippen LogP contribution in [0.5, 0.6) is 0 Å². The molecule has 0 aromatic heterocycles. The number of nitrogens with zero attached hydrogens (tertiary/aromatic N) is 1. The van der Waals surface area contributed by atoms with E-state index in [0.29, 0.717) is 6.54 Å². The number of carbonyl (C=O) groups excluding carboxylic acids is 2. The first-order valence-electron chi connectivity index (χ1n) is 5.20. The second-order valence-corrected chi connectivity index (χ2v) is 4.73. The summed E-state index contributed by atoms with van der Waals surface area (Å²) < 4.78 is 0. The van der Waals surface area contributed by atoms with Crippen molar-refractivity contribution in [3.8, 4) is 0 Å². The van der Waals surface area contributed by atoms with E-state index < -0.39 is 5.91 Å². The molecule has 0 saturated heterocycles. The lowest BCUT2D eigenvalue weighted by Gasteiger charge is -2.35. The van der Waals surface area contributed by atoms with Crippen LogP contribution in [0.4, 0.5) is 0 Å². The van der Waals surface area contributed by atoms with Crippen molar-refractivity contribution in [2.75, 3.05) is 20.6 Å². The number of likely N-dealkylation sites (N-methyl/N-ethyl adjacent to an activating group) is 2. The summed E-state index contributed by atoms with van der Waals surface area (Å²) in [6, 6.07) is 0. The maximum Gasteiger partial charge on any atom is 0.290 e. The van der Waals surface area contributed by atoms with Crippen molar-refractivity contribution >= 4 is 11.7 Å². The van der Waals surface area contributed by atoms with E-state index in [0.717, 1.165) is 0 Å². The molecule has 0 aromatic carbocycles. The maximum atomic E-state index is 11.8. The second-order valence-electron chi connectivity index (χ2n) is 4.73. The van der Waals surface area contributed by atoms with Gasteiger partial charge in [-0.15, -0.1) is 0 Å². The molecule has 1 amide bonds. The molecule has 0 atom stereocenters. The van der Waals surface area contributed by atoms with Gasteiger partial charge in [0.1, 0.15) is 0 Å². The molecule has 0 fully saturated rings. The van der Waals surface area contributed by atoms with Crippen molar-refractivity contribution in [1.82, 2.24) is 10.2 Å². The number of nitrogens with one attached hydrogen (secondary N) is 1. The molecule has 0 spiro atoms. The van der Waals surface area contributed by atoms with Crippen LogP contribution in [-0.4, -0.2) is 42.8 Å². The van der Waals surface area contributed by atoms with Crippen LogP contribution < -0.4 is 5.32 Å². The van der Waals surface area contributed by atoms with Gasteiger partial charge in [0.25, 0.3) is 5.91 Å². The normalized spacial score (nSPS) is 11.7. The van der Waals surface area contributed by atoms with E-state index in [1.807, 2.05) is 20.9 Å². The predicted octanol–water partition coefficient (Wildman–Crippen LogP) is 0.668. The fourth-order valence-corrected chi connectivity index (χ4v) is 1.24. The summed E-state index contributed by atoms with van der Waals surface area (Å²) in [5, 5.41) is 3.01. The van der Waals surface area contributed by atoms with E-state index in [2.05, 4.69) is 5.32 Å². The number of carbonyl (C=O) groups is 2. The lowest BCUT2D eigenvalue weighted by atomic mass is 10.0. The molecular formula is C11H22N2O2. The first-order chi connectivity index (χ1) is 6.74. The smallest absolute Gasteiger partial charge is 0.290 e. The number of hydrogen-bond donors (Lipinski definition) is 1. The third-order valence-electron chi connectivity index (χ3n) is 2.56. The quantitative estimate of drug-likeness (QED) is 0.684. The van der Waals surface area contributed by atoms with E-state index in [9.17, 15) is 9.59 Å². The largest absolute Gasteiger partial charge is 0.333 e. The van der Waals surface area contributed by atoms with Crippen LogP contribution in [0.2, 0.25) is 0 Å². The van der Waals surface area contributed by atoms with Crippen molar-refractivity contribution in [3.63, 3.8) is 0 Å². The molecule has 0 radical (unpaired) electrons. The zero-order valence-electron chi connectivity index (χ0n) is 10.5. The Morgan fingerprint density at radius 1 is 1.33 bits per heavy atom. The van der Waals surface area contributed by atoms with Gasteiger partial charge in [0.05, 0.1) is 0 Å². The lowest BCUT2D eigenvalue weighted by molar-refractivity contribution is -0.148. The average molecular weight is 214 g/mol. The van der Waals surface area contributed by atoms with Gasteiger partial charge in [-0.05, 0) is 20.9 Å². The second kappa shape index (κ2) is 5.26. The molecule has 4 nitrogen and oxygen atoms in total. The summed E-state index contributed by atoms with van der Waals surface area (Å²) in [7, 11) is 3.49. The molecule has 0 aliphatic carbocycles. The molecular weight excluding hydrogens is 192 g/mol. The maximum absolute atomic E-state index is 11.8. The number of Topliss-reactive ketones (excluding diaryl/α,β-unsaturated/α-hetero) is 1. The number of ketones is 1. The molecule has 4 heteroatoms. The Balaban J connectivity index is 4.64. The number of hydrogen-bond acceptors (Lipinski definition) is 3. The van der Waals surface area contributed by atoms with E-state index in [1.54, 1.807) is 20.9 Å². The van der Waals surface area contributed by atoms with Gasteiger partial charge in [-0.2, -0.15) is 0 Å². The highest BCUT2D eigenvalue weighted by Gasteiger charge is 2.31. The molecule has 88 valence electrons. The molecule has 0 aliphatic rings. The summed E-state index contributed by atoms with van der Waals surface area (Å²) >= 11 is 0. The van der Waals surface area contributed by atoms with Gasteiger partial charge in [-0.3, -0.25) is 9.59 Å². The van der Waals surface area contributed by atoms with Gasteiger partial charge in [-0.1, -0.05) is 13.8 Å². The number of rotatable bonds is 5. The summed E-state index contributed by atoms with van der Waals surface area (Å²) in [5.74, 6) is -0.989. The Hall–Kier alpha value is -0.900. The lowest BCUT2D eigenvalue weighted by Crippen LogP contribution is -2.53. The number of amides is 1. The van der Waals surface area contributed by atoms with Crippen molar-refractivity contribution < 1.29 is 9.59 Å². The zero-order valence-corrected chi connectivity index (χ0v) is 10.5. The Morgan fingerprint density at radius 3 is 2.13 bits per heavy atom. The Morgan fingerprint density at radius 2 is 1.80 bits per heavy atom. The van der Waals surface area contributed by atoms with E-state index in [4.69, 9.17) is 0 Å². The van der Waals surface area contributed by atoms with Gasteiger partial charge < -0.3 is 10.2 Å². The van der Waals surface area contributed by atoms with Gasteiger partial charge in [0.2, 0.25) is 5.78 Å². The summed E-state index contributed by atoms with van der Waals surface area (Å²) in [6.45, 7) is 7.98. The topological polar surface area (TPSA) is 49.4 Å². The fraction of sp³-hybridized carbons (Fsp3) is 0.818. The van der Waals surface area contributed by atoms with Gasteiger partial charge in [0, 0.05) is 25.0 Å². The van der Waals surface area contributed by atoms with Crippen LogP contribution in [0, 0.1) is 5.92 Å². The highest BCUT2D eigenvalue weighted by Crippen LogP contribution is 2.12. The van der Waals surface area contributed by atoms with Crippen molar-refractivity contribution in [2.24, 2.45) is 5.92 Å². The van der Waals surface area contributed by atoms with Crippen LogP contribution in [0.15, 0.2) is 0 Å². The molecule has 0 unspecified atom stereocenters. The average Bonchev–Trinajstić information content (AvgIpc) is 2.14. The van der Waals surface area contributed by atoms with Crippen LogP contribution in [-0.2, 0) is 9.59 Å². The standard InChI is InChI=1S/C11H22N2O2/c1-8(2)9(14)10(15)13(6)11(3,4)7-12-5/h8,12H,7H2,1-6H3. The third kappa shape index (κ3) is 3.63. The SMILES string of the molecule is CNCC(C)(C)N(C)C(=O)C(=O)C(C)C. The molecule has 0 bridgehead atoms. The molecule has 0 rings (SSSR count). The van der Waals surface area contributed by atoms with Crippen molar-refractivity contribution in [1.29, 1.82) is 0 Å². The minimum Gasteiger partial charge on any atom is -0.333 e. The van der Waals surface area contributed by atoms with Crippen LogP contribution in [0.3, 0.4) is 0 Å². The van der Waals surface area contributed by atoms with Crippen molar-refractivity contribution in [2.45, 2.75) is 33.2 Å². The minimum absolute atomic E-state index is 0.245. The summed E-state index contributed by atoms with van der Waals surface area (Å²) in [4.78, 5) is 24.8. The Bertz CT molecular complexity index is 247. The highest BCUT2D eigenvalue weighted by molar-refractivity contribution is 6.36. The molecule has 0 saturated carbocycles. The zero-order chi connectivity index (χ0) is 12.2. The third-order valence-corrected chi connectivity index (χ3v) is 2.56. The molecule has 1 N–H and O–H groups in total. The molecule has 0 aliphatic heterocycles. The highest BCUT2D eigenvalue weighted by atomic mass is 16.2. The fourth-order valence-electron chi connectivity index (χ4n) is 1.24. The molecule has 0 heterocycles. The van der Waals surface area contributed by atoms with Gasteiger partial charge >= 0.3 is 0 Å². The van der Waals surface area contributed by atoms with Crippen LogP contribution in [0.25, 0.3) is 0 Å². The minimum atomic E-state index is -0.412. The Labute approximate surface area is 92.0 Å². The molecule has 0 aromatic rings. The summed E-state index contributed by atoms with van der Waals surface area (Å²) in [6.07, 6.45) is 0. The first-order valence-corrected chi connectivity index (χ1v) is 5.20. The van der Waals surface area contributed by atoms with Gasteiger partial charge in [0.15, 0.2) is 0 Å². The van der Waals surface area contributed by atoms with Crippen LogP contribution in [0.1, 0.15) is 27.7 Å². The Kier molecular flexibility index (Phi) is 4.94. The van der Waals surface area contributed by atoms with E-state index >= 15 is 0 Å². The summed E-state index contributed by atoms with van der Waals surface area (Å²) in [5.41, 5.74) is -0.351. The van der Waals surface area contributed by atoms with Gasteiger partial charge in [-0.25, -0.2) is 0 Å².